The zero-order valence-electron chi connectivity index (χ0n) is 13.7. The fourth-order valence-electron chi connectivity index (χ4n) is 2.99. The fraction of sp³-hybridized carbons (Fsp3) is 0.316. The van der Waals surface area contributed by atoms with Gasteiger partial charge < -0.3 is 14.2 Å². The molecule has 24 heavy (non-hydrogen) atoms. The van der Waals surface area contributed by atoms with Gasteiger partial charge in [0.2, 0.25) is 5.62 Å². The van der Waals surface area contributed by atoms with E-state index < -0.39 is 6.10 Å². The van der Waals surface area contributed by atoms with Gasteiger partial charge in [-0.2, -0.15) is 0 Å². The molecule has 0 radical (unpaired) electrons. The lowest BCUT2D eigenvalue weighted by Gasteiger charge is -2.13. The number of aromatic nitrogens is 2. The highest BCUT2D eigenvalue weighted by molar-refractivity contribution is 6.30. The van der Waals surface area contributed by atoms with Crippen molar-refractivity contribution < 1.29 is 5.11 Å². The van der Waals surface area contributed by atoms with Gasteiger partial charge in [0.15, 0.2) is 0 Å². The third-order valence-corrected chi connectivity index (χ3v) is 4.57. The zero-order chi connectivity index (χ0) is 17.1. The van der Waals surface area contributed by atoms with E-state index in [-0.39, 0.29) is 0 Å². The predicted molar refractivity (Wildman–Crippen MR) is 97.1 cm³/mol. The van der Waals surface area contributed by atoms with Crippen LogP contribution >= 0.6 is 11.6 Å². The van der Waals surface area contributed by atoms with Gasteiger partial charge in [-0.1, -0.05) is 49.2 Å². The van der Waals surface area contributed by atoms with Crippen molar-refractivity contribution in [2.24, 2.45) is 0 Å². The van der Waals surface area contributed by atoms with Gasteiger partial charge in [-0.15, -0.1) is 0 Å². The van der Waals surface area contributed by atoms with Gasteiger partial charge in [0.25, 0.3) is 0 Å². The summed E-state index contributed by atoms with van der Waals surface area (Å²) >= 11 is 5.91. The number of nitrogens with zero attached hydrogens (tertiary/aromatic N) is 2. The van der Waals surface area contributed by atoms with Crippen molar-refractivity contribution in [3.63, 3.8) is 0 Å². The van der Waals surface area contributed by atoms with Gasteiger partial charge >= 0.3 is 0 Å². The van der Waals surface area contributed by atoms with E-state index >= 15 is 0 Å². The van der Waals surface area contributed by atoms with Crippen LogP contribution in [0.2, 0.25) is 5.02 Å². The van der Waals surface area contributed by atoms with E-state index in [9.17, 15) is 5.11 Å². The number of benzene rings is 2. The Bertz CT molecular complexity index is 880. The van der Waals surface area contributed by atoms with Crippen LogP contribution in [0.4, 0.5) is 0 Å². The molecule has 1 atom stereocenters. The number of fused-ring (bicyclic) bond motifs is 1. The second-order valence-corrected chi connectivity index (χ2v) is 6.43. The van der Waals surface area contributed by atoms with E-state index in [1.54, 1.807) is 12.1 Å². The van der Waals surface area contributed by atoms with Crippen LogP contribution in [0.15, 0.2) is 48.5 Å². The molecule has 0 amide bonds. The molecular formula is C19H22ClN3O. The quantitative estimate of drug-likeness (QED) is 0.695. The number of halogens is 1. The molecule has 5 heteroatoms. The standard InChI is InChI=1S/C19H22ClN3O/c1-2-3-12-22-16-6-4-5-7-17(16)23(19(22)21)13-18(24)14-8-10-15(20)11-9-14/h4-11,18,21,24H,2-3,12-13H2,1H3/t18-/m0/s1. The second kappa shape index (κ2) is 7.24. The summed E-state index contributed by atoms with van der Waals surface area (Å²) in [5.74, 6) is 0. The van der Waals surface area contributed by atoms with Crippen molar-refractivity contribution in [2.45, 2.75) is 39.0 Å². The summed E-state index contributed by atoms with van der Waals surface area (Å²) in [6, 6.07) is 15.2. The molecule has 2 aromatic carbocycles. The normalized spacial score (nSPS) is 12.6. The van der Waals surface area contributed by atoms with Crippen molar-refractivity contribution in [1.29, 1.82) is 5.41 Å². The first-order chi connectivity index (χ1) is 11.6. The molecule has 0 spiro atoms. The Morgan fingerprint density at radius 3 is 2.29 bits per heavy atom. The lowest BCUT2D eigenvalue weighted by molar-refractivity contribution is 0.155. The van der Waals surface area contributed by atoms with Gasteiger partial charge in [-0.3, -0.25) is 5.41 Å². The molecule has 4 nitrogen and oxygen atoms in total. The van der Waals surface area contributed by atoms with Crippen LogP contribution < -0.4 is 5.62 Å². The molecule has 0 aliphatic heterocycles. The van der Waals surface area contributed by atoms with Gasteiger partial charge in [0.1, 0.15) is 0 Å². The molecule has 2 N–H and O–H groups in total. The smallest absolute Gasteiger partial charge is 0.203 e. The molecule has 3 aromatic rings. The maximum atomic E-state index is 10.6. The number of imidazole rings is 1. The number of nitrogens with one attached hydrogen (secondary N) is 1. The van der Waals surface area contributed by atoms with E-state index in [4.69, 9.17) is 17.0 Å². The minimum Gasteiger partial charge on any atom is -0.387 e. The third-order valence-electron chi connectivity index (χ3n) is 4.32. The number of aryl methyl sites for hydroxylation is 1. The van der Waals surface area contributed by atoms with E-state index in [0.29, 0.717) is 17.2 Å². The first-order valence-corrected chi connectivity index (χ1v) is 8.65. The summed E-state index contributed by atoms with van der Waals surface area (Å²) in [4.78, 5) is 0. The highest BCUT2D eigenvalue weighted by atomic mass is 35.5. The number of rotatable bonds is 6. The van der Waals surface area contributed by atoms with Gasteiger partial charge in [-0.25, -0.2) is 0 Å². The Kier molecular flexibility index (Phi) is 5.07. The van der Waals surface area contributed by atoms with E-state index in [0.717, 1.165) is 36.0 Å². The zero-order valence-corrected chi connectivity index (χ0v) is 14.5. The number of aliphatic hydroxyl groups excluding tert-OH is 1. The third kappa shape index (κ3) is 3.25. The maximum absolute atomic E-state index is 10.6. The molecule has 0 aliphatic rings. The first-order valence-electron chi connectivity index (χ1n) is 8.28. The van der Waals surface area contributed by atoms with Crippen LogP contribution in [0.3, 0.4) is 0 Å². The topological polar surface area (TPSA) is 53.9 Å². The summed E-state index contributed by atoms with van der Waals surface area (Å²) < 4.78 is 3.90. The van der Waals surface area contributed by atoms with Crippen LogP contribution in [-0.2, 0) is 13.1 Å². The van der Waals surface area contributed by atoms with E-state index in [2.05, 4.69) is 6.92 Å². The molecule has 0 unspecified atom stereocenters. The van der Waals surface area contributed by atoms with Crippen molar-refractivity contribution in [2.75, 3.05) is 0 Å². The number of para-hydroxylation sites is 2. The van der Waals surface area contributed by atoms with Gasteiger partial charge in [0, 0.05) is 11.6 Å². The highest BCUT2D eigenvalue weighted by Crippen LogP contribution is 2.20. The largest absolute Gasteiger partial charge is 0.387 e. The predicted octanol–water partition coefficient (Wildman–Crippen LogP) is 4.11. The molecule has 0 saturated carbocycles. The lowest BCUT2D eigenvalue weighted by atomic mass is 10.1. The summed E-state index contributed by atoms with van der Waals surface area (Å²) in [7, 11) is 0. The molecule has 0 bridgehead atoms. The Hall–Kier alpha value is -2.04. The number of hydrogen-bond donors (Lipinski definition) is 2. The maximum Gasteiger partial charge on any atom is 0.203 e. The van der Waals surface area contributed by atoms with Crippen LogP contribution in [-0.4, -0.2) is 14.2 Å². The van der Waals surface area contributed by atoms with Gasteiger partial charge in [0.05, 0.1) is 23.7 Å². The summed E-state index contributed by atoms with van der Waals surface area (Å²) in [6.07, 6.45) is 1.44. The van der Waals surface area contributed by atoms with Crippen molar-refractivity contribution in [3.05, 3.63) is 64.7 Å². The Morgan fingerprint density at radius 2 is 1.67 bits per heavy atom. The average Bonchev–Trinajstić information content (AvgIpc) is 2.85. The molecule has 0 aliphatic carbocycles. The monoisotopic (exact) mass is 343 g/mol. The Balaban J connectivity index is 1.98. The summed E-state index contributed by atoms with van der Waals surface area (Å²) in [6.45, 7) is 3.31. The summed E-state index contributed by atoms with van der Waals surface area (Å²) in [5.41, 5.74) is 3.25. The number of unbranched alkanes of at least 4 members (excludes halogenated alkanes) is 1. The fourth-order valence-corrected chi connectivity index (χ4v) is 3.11. The minimum absolute atomic E-state index is 0.347. The van der Waals surface area contributed by atoms with Crippen molar-refractivity contribution in [3.8, 4) is 0 Å². The highest BCUT2D eigenvalue weighted by Gasteiger charge is 2.14. The second-order valence-electron chi connectivity index (χ2n) is 6.00. The molecule has 0 fully saturated rings. The van der Waals surface area contributed by atoms with Crippen LogP contribution in [0.5, 0.6) is 0 Å². The van der Waals surface area contributed by atoms with Crippen molar-refractivity contribution >= 4 is 22.6 Å². The van der Waals surface area contributed by atoms with Crippen LogP contribution in [0.25, 0.3) is 11.0 Å². The Morgan fingerprint density at radius 1 is 1.04 bits per heavy atom. The molecular weight excluding hydrogens is 322 g/mol. The number of hydrogen-bond acceptors (Lipinski definition) is 2. The molecule has 0 saturated heterocycles. The minimum atomic E-state index is -0.679. The van der Waals surface area contributed by atoms with E-state index in [1.807, 2.05) is 45.5 Å². The molecule has 3 rings (SSSR count). The Labute approximate surface area is 146 Å². The van der Waals surface area contributed by atoms with E-state index in [1.165, 1.54) is 0 Å². The average molecular weight is 344 g/mol. The van der Waals surface area contributed by atoms with Crippen molar-refractivity contribution in [1.82, 2.24) is 9.13 Å². The summed E-state index contributed by atoms with van der Waals surface area (Å²) in [5, 5.41) is 19.8. The van der Waals surface area contributed by atoms with Crippen LogP contribution in [0.1, 0.15) is 31.4 Å². The first kappa shape index (κ1) is 16.8. The molecule has 126 valence electrons. The van der Waals surface area contributed by atoms with Gasteiger partial charge in [-0.05, 0) is 36.2 Å². The lowest BCUT2D eigenvalue weighted by Crippen LogP contribution is -2.26. The molecule has 1 aromatic heterocycles. The van der Waals surface area contributed by atoms with Crippen LogP contribution in [0, 0.1) is 5.41 Å². The molecule has 1 heterocycles. The number of aliphatic hydroxyl groups is 1. The SMILES string of the molecule is CCCCn1c(=N)n(C[C@H](O)c2ccc(Cl)cc2)c2ccccc21.